The van der Waals surface area contributed by atoms with Crippen molar-refractivity contribution in [1.82, 2.24) is 9.97 Å². The molecule has 138 valence electrons. The summed E-state index contributed by atoms with van der Waals surface area (Å²) in [6, 6.07) is 0.164. The van der Waals surface area contributed by atoms with Crippen molar-refractivity contribution in [2.75, 3.05) is 17.2 Å². The molecule has 1 saturated heterocycles. The van der Waals surface area contributed by atoms with Crippen molar-refractivity contribution >= 4 is 50.3 Å². The van der Waals surface area contributed by atoms with Crippen LogP contribution in [0.15, 0.2) is 10.5 Å². The van der Waals surface area contributed by atoms with E-state index >= 15 is 0 Å². The maximum absolute atomic E-state index is 13.3. The molecule has 0 saturated carbocycles. The first-order chi connectivity index (χ1) is 12.0. The molecule has 1 atom stereocenters. The molecular weight excluding hydrogens is 423 g/mol. The summed E-state index contributed by atoms with van der Waals surface area (Å²) in [6.45, 7) is 0.211. The van der Waals surface area contributed by atoms with Gasteiger partial charge < -0.3 is 21.5 Å². The van der Waals surface area contributed by atoms with Gasteiger partial charge in [-0.1, -0.05) is 0 Å². The number of nitrogens with zero attached hydrogens (tertiary/aromatic N) is 3. The Bertz CT molecular complexity index is 950. The summed E-state index contributed by atoms with van der Waals surface area (Å²) in [5.74, 6) is -2.46. The van der Waals surface area contributed by atoms with Gasteiger partial charge >= 0.3 is 12.1 Å². The fraction of sp³-hybridized carbons (Fsp3) is 0.286. The molecule has 1 amide bonds. The standard InChI is InChI=1S/C14H11BrF3N5O3/c15-7-8(23-2-1-6(23)13(25)26)4-3-5(11(20)24)10(19)22-12(4)21-9(7)14(16,17)18/h3,6H,1-2H2,(H2,20,24)(H,25,26)(H2,19,21,22). The number of hydrogen-bond donors (Lipinski definition) is 3. The summed E-state index contributed by atoms with van der Waals surface area (Å²) >= 11 is 2.88. The Kier molecular flexibility index (Phi) is 4.17. The van der Waals surface area contributed by atoms with E-state index in [0.29, 0.717) is 0 Å². The van der Waals surface area contributed by atoms with E-state index in [0.717, 1.165) is 0 Å². The summed E-state index contributed by atoms with van der Waals surface area (Å²) < 4.78 is 39.6. The number of primary amides is 1. The molecule has 0 spiro atoms. The van der Waals surface area contributed by atoms with Crippen LogP contribution in [0.25, 0.3) is 11.0 Å². The number of fused-ring (bicyclic) bond motifs is 1. The van der Waals surface area contributed by atoms with E-state index in [1.807, 2.05) is 0 Å². The summed E-state index contributed by atoms with van der Waals surface area (Å²) in [7, 11) is 0. The third-order valence-corrected chi connectivity index (χ3v) is 4.80. The Balaban J connectivity index is 2.37. The second-order valence-electron chi connectivity index (χ2n) is 5.61. The number of amides is 1. The monoisotopic (exact) mass is 433 g/mol. The van der Waals surface area contributed by atoms with Crippen LogP contribution in [-0.4, -0.2) is 39.5 Å². The molecule has 26 heavy (non-hydrogen) atoms. The summed E-state index contributed by atoms with van der Waals surface area (Å²) in [5, 5.41) is 9.28. The molecule has 1 fully saturated rings. The quantitative estimate of drug-likeness (QED) is 0.670. The highest BCUT2D eigenvalue weighted by Gasteiger charge is 2.42. The highest BCUT2D eigenvalue weighted by atomic mass is 79.9. The van der Waals surface area contributed by atoms with Crippen LogP contribution in [0.5, 0.6) is 0 Å². The number of aromatic nitrogens is 2. The second kappa shape index (κ2) is 5.97. The van der Waals surface area contributed by atoms with Crippen molar-refractivity contribution in [3.8, 4) is 0 Å². The first kappa shape index (κ1) is 18.2. The average Bonchev–Trinajstić information content (AvgIpc) is 2.46. The first-order valence-corrected chi connectivity index (χ1v) is 7.97. The molecular formula is C14H11BrF3N5O3. The van der Waals surface area contributed by atoms with Crippen LogP contribution in [0.1, 0.15) is 22.5 Å². The number of carbonyl (C=O) groups is 2. The summed E-state index contributed by atoms with van der Waals surface area (Å²) in [5.41, 5.74) is 8.89. The lowest BCUT2D eigenvalue weighted by Crippen LogP contribution is -2.53. The number of rotatable bonds is 3. The van der Waals surface area contributed by atoms with Crippen LogP contribution < -0.4 is 16.4 Å². The van der Waals surface area contributed by atoms with Gasteiger partial charge in [0.1, 0.15) is 11.9 Å². The first-order valence-electron chi connectivity index (χ1n) is 7.18. The molecule has 2 aromatic rings. The van der Waals surface area contributed by atoms with Gasteiger partial charge in [0.25, 0.3) is 5.91 Å². The number of halogens is 4. The van der Waals surface area contributed by atoms with Gasteiger partial charge in [-0.3, -0.25) is 4.79 Å². The Labute approximate surface area is 152 Å². The van der Waals surface area contributed by atoms with Crippen molar-refractivity contribution in [2.24, 2.45) is 5.73 Å². The number of nitrogens with two attached hydrogens (primary N) is 2. The van der Waals surface area contributed by atoms with E-state index in [1.165, 1.54) is 11.0 Å². The highest BCUT2D eigenvalue weighted by molar-refractivity contribution is 9.10. The Morgan fingerprint density at radius 3 is 2.46 bits per heavy atom. The topological polar surface area (TPSA) is 135 Å². The second-order valence-corrected chi connectivity index (χ2v) is 6.41. The van der Waals surface area contributed by atoms with Gasteiger partial charge in [0.05, 0.1) is 15.7 Å². The van der Waals surface area contributed by atoms with E-state index in [9.17, 15) is 27.9 Å². The van der Waals surface area contributed by atoms with Crippen LogP contribution >= 0.6 is 15.9 Å². The highest BCUT2D eigenvalue weighted by Crippen LogP contribution is 2.45. The number of carboxylic acids is 1. The zero-order chi connectivity index (χ0) is 19.4. The molecule has 1 aliphatic heterocycles. The average molecular weight is 434 g/mol. The number of pyridine rings is 2. The predicted octanol–water partition coefficient (Wildman–Crippen LogP) is 1.76. The number of carboxylic acid groups (broad SMARTS) is 1. The van der Waals surface area contributed by atoms with Gasteiger partial charge in [-0.15, -0.1) is 0 Å². The van der Waals surface area contributed by atoms with Crippen LogP contribution in [-0.2, 0) is 11.0 Å². The van der Waals surface area contributed by atoms with Crippen molar-refractivity contribution in [2.45, 2.75) is 18.6 Å². The van der Waals surface area contributed by atoms with E-state index in [2.05, 4.69) is 25.9 Å². The van der Waals surface area contributed by atoms with Crippen molar-refractivity contribution in [1.29, 1.82) is 0 Å². The fourth-order valence-corrected chi connectivity index (χ4v) is 3.49. The number of nitrogen functional groups attached to an aromatic ring is 1. The zero-order valence-electron chi connectivity index (χ0n) is 12.8. The molecule has 8 nitrogen and oxygen atoms in total. The fourth-order valence-electron chi connectivity index (χ4n) is 2.74. The number of aliphatic carboxylic acids is 1. The molecule has 0 aliphatic carbocycles. The molecule has 5 N–H and O–H groups in total. The summed E-state index contributed by atoms with van der Waals surface area (Å²) in [4.78, 5) is 31.3. The molecule has 3 rings (SSSR count). The molecule has 12 heteroatoms. The lowest BCUT2D eigenvalue weighted by molar-refractivity contribution is -0.141. The van der Waals surface area contributed by atoms with E-state index in [-0.39, 0.29) is 41.1 Å². The van der Waals surface area contributed by atoms with Crippen molar-refractivity contribution in [3.63, 3.8) is 0 Å². The van der Waals surface area contributed by atoms with Gasteiger partial charge in [-0.25, -0.2) is 14.8 Å². The predicted molar refractivity (Wildman–Crippen MR) is 88.6 cm³/mol. The smallest absolute Gasteiger partial charge is 0.434 e. The zero-order valence-corrected chi connectivity index (χ0v) is 14.4. The van der Waals surface area contributed by atoms with E-state index < -0.39 is 34.3 Å². The van der Waals surface area contributed by atoms with E-state index in [1.54, 1.807) is 0 Å². The number of anilines is 2. The summed E-state index contributed by atoms with van der Waals surface area (Å²) in [6.07, 6.45) is -4.55. The molecule has 2 aromatic heterocycles. The Morgan fingerprint density at radius 2 is 2.00 bits per heavy atom. The lowest BCUT2D eigenvalue weighted by atomic mass is 10.00. The van der Waals surface area contributed by atoms with Gasteiger partial charge in [-0.05, 0) is 28.4 Å². The molecule has 1 unspecified atom stereocenters. The lowest BCUT2D eigenvalue weighted by Gasteiger charge is -2.41. The Morgan fingerprint density at radius 1 is 1.35 bits per heavy atom. The molecule has 0 radical (unpaired) electrons. The maximum atomic E-state index is 13.3. The molecule has 3 heterocycles. The van der Waals surface area contributed by atoms with Crippen LogP contribution in [0, 0.1) is 0 Å². The number of hydrogen-bond acceptors (Lipinski definition) is 6. The molecule has 1 aliphatic rings. The minimum Gasteiger partial charge on any atom is -0.480 e. The largest absolute Gasteiger partial charge is 0.480 e. The SMILES string of the molecule is NC(=O)c1cc2c(N3CCC3C(=O)O)c(Br)c(C(F)(F)F)nc2nc1N. The third-order valence-electron chi connectivity index (χ3n) is 4.05. The minimum atomic E-state index is -4.82. The van der Waals surface area contributed by atoms with Gasteiger partial charge in [0, 0.05) is 11.9 Å². The molecule has 0 bridgehead atoms. The van der Waals surface area contributed by atoms with Crippen LogP contribution in [0.3, 0.4) is 0 Å². The maximum Gasteiger partial charge on any atom is 0.434 e. The van der Waals surface area contributed by atoms with Gasteiger partial charge in [0.2, 0.25) is 0 Å². The van der Waals surface area contributed by atoms with Gasteiger partial charge in [0.15, 0.2) is 11.3 Å². The Hall–Kier alpha value is -2.63. The third kappa shape index (κ3) is 2.79. The minimum absolute atomic E-state index is 0.0406. The van der Waals surface area contributed by atoms with E-state index in [4.69, 9.17) is 11.5 Å². The van der Waals surface area contributed by atoms with Crippen molar-refractivity contribution < 1.29 is 27.9 Å². The normalized spacial score (nSPS) is 17.2. The van der Waals surface area contributed by atoms with Crippen LogP contribution in [0.4, 0.5) is 24.7 Å². The molecule has 0 aromatic carbocycles. The van der Waals surface area contributed by atoms with Crippen molar-refractivity contribution in [3.05, 3.63) is 21.8 Å². The number of carbonyl (C=O) groups excluding carboxylic acids is 1. The van der Waals surface area contributed by atoms with Crippen LogP contribution in [0.2, 0.25) is 0 Å². The number of alkyl halides is 3. The van der Waals surface area contributed by atoms with Gasteiger partial charge in [-0.2, -0.15) is 13.2 Å².